The number of ether oxygens (including phenoxy) is 6. The Morgan fingerprint density at radius 1 is 0.350 bits per heavy atom. The number of hydrogen-bond donors (Lipinski definition) is 0. The normalized spacial score (nSPS) is 11.2. The van der Waals surface area contributed by atoms with Gasteiger partial charge >= 0.3 is 11.9 Å². The summed E-state index contributed by atoms with van der Waals surface area (Å²) >= 11 is 0. The number of rotatable bonds is 33. The minimum absolute atomic E-state index is 0.131. The molecule has 0 aromatic rings. The third-order valence-electron chi connectivity index (χ3n) is 6.54. The first-order valence-corrected chi connectivity index (χ1v) is 16.3. The predicted molar refractivity (Wildman–Crippen MR) is 160 cm³/mol. The Balaban J connectivity index is 3.17. The van der Waals surface area contributed by atoms with E-state index in [9.17, 15) is 9.59 Å². The zero-order chi connectivity index (χ0) is 29.2. The van der Waals surface area contributed by atoms with Gasteiger partial charge in [-0.2, -0.15) is 0 Å². The summed E-state index contributed by atoms with van der Waals surface area (Å²) in [4.78, 5) is 23.0. The van der Waals surface area contributed by atoms with Crippen molar-refractivity contribution in [3.63, 3.8) is 0 Å². The van der Waals surface area contributed by atoms with E-state index in [1.165, 1.54) is 83.5 Å². The van der Waals surface area contributed by atoms with Crippen molar-refractivity contribution in [2.75, 3.05) is 66.1 Å². The zero-order valence-corrected chi connectivity index (χ0v) is 26.1. The number of carbonyl (C=O) groups excluding carboxylic acids is 2. The second kappa shape index (κ2) is 34.0. The Morgan fingerprint density at radius 2 is 0.650 bits per heavy atom. The van der Waals surface area contributed by atoms with Crippen molar-refractivity contribution in [3.8, 4) is 0 Å². The smallest absolute Gasteiger partial charge is 0.305 e. The molecule has 0 bridgehead atoms. The molecule has 0 radical (unpaired) electrons. The van der Waals surface area contributed by atoms with E-state index in [1.54, 1.807) is 0 Å². The van der Waals surface area contributed by atoms with Crippen LogP contribution in [0.5, 0.6) is 0 Å². The number of esters is 2. The summed E-state index contributed by atoms with van der Waals surface area (Å²) in [5.41, 5.74) is 0. The third kappa shape index (κ3) is 33.0. The van der Waals surface area contributed by atoms with Crippen molar-refractivity contribution in [2.45, 2.75) is 129 Å². The molecular weight excluding hydrogens is 512 g/mol. The fourth-order valence-electron chi connectivity index (χ4n) is 4.18. The summed E-state index contributed by atoms with van der Waals surface area (Å²) in [6, 6.07) is 0. The lowest BCUT2D eigenvalue weighted by Gasteiger charge is -2.08. The molecule has 0 saturated heterocycles. The fraction of sp³-hybridized carbons (Fsp3) is 0.938. The van der Waals surface area contributed by atoms with Crippen molar-refractivity contribution < 1.29 is 38.0 Å². The van der Waals surface area contributed by atoms with Gasteiger partial charge in [0.1, 0.15) is 13.2 Å². The average molecular weight is 575 g/mol. The Labute approximate surface area is 245 Å². The number of unbranched alkanes of at least 4 members (excludes halogenated alkanes) is 14. The largest absolute Gasteiger partial charge is 0.463 e. The Kier molecular flexibility index (Phi) is 32.9. The van der Waals surface area contributed by atoms with Crippen molar-refractivity contribution in [2.24, 2.45) is 0 Å². The van der Waals surface area contributed by atoms with E-state index in [0.717, 1.165) is 19.3 Å². The molecule has 0 spiro atoms. The molecule has 0 rings (SSSR count). The predicted octanol–water partition coefficient (Wildman–Crippen LogP) is 7.20. The van der Waals surface area contributed by atoms with Crippen molar-refractivity contribution in [1.82, 2.24) is 0 Å². The standard InChI is InChI=1S/C32H62O8/c1-3-5-6-7-8-9-10-11-12-13-14-15-16-17-18-20-32(34)40-30-28-38-26-24-36-22-21-35-23-25-37-27-29-39-31(33)19-4-2/h3-30H2,1-2H3. The van der Waals surface area contributed by atoms with Crippen LogP contribution < -0.4 is 0 Å². The summed E-state index contributed by atoms with van der Waals surface area (Å²) in [7, 11) is 0. The van der Waals surface area contributed by atoms with Crippen LogP contribution in [0.15, 0.2) is 0 Å². The van der Waals surface area contributed by atoms with Gasteiger partial charge in [-0.3, -0.25) is 9.59 Å². The molecule has 0 saturated carbocycles. The van der Waals surface area contributed by atoms with Crippen LogP contribution in [-0.4, -0.2) is 78.0 Å². The first-order chi connectivity index (χ1) is 19.7. The summed E-state index contributed by atoms with van der Waals surface area (Å²) in [5.74, 6) is -0.316. The third-order valence-corrected chi connectivity index (χ3v) is 6.54. The molecule has 0 atom stereocenters. The quantitative estimate of drug-likeness (QED) is 0.0600. The molecule has 0 unspecified atom stereocenters. The topological polar surface area (TPSA) is 89.5 Å². The van der Waals surface area contributed by atoms with Crippen LogP contribution in [0.3, 0.4) is 0 Å². The summed E-state index contributed by atoms with van der Waals surface area (Å²) in [5, 5.41) is 0. The Bertz CT molecular complexity index is 529. The van der Waals surface area contributed by atoms with Crippen LogP contribution in [0.25, 0.3) is 0 Å². The molecule has 0 aliphatic heterocycles. The summed E-state index contributed by atoms with van der Waals surface area (Å²) in [6.07, 6.45) is 21.5. The van der Waals surface area contributed by atoms with E-state index in [1.807, 2.05) is 6.92 Å². The second-order valence-electron chi connectivity index (χ2n) is 10.3. The first kappa shape index (κ1) is 38.8. The lowest BCUT2D eigenvalue weighted by Crippen LogP contribution is -2.15. The molecule has 0 aliphatic carbocycles. The van der Waals surface area contributed by atoms with Crippen molar-refractivity contribution in [1.29, 1.82) is 0 Å². The van der Waals surface area contributed by atoms with Crippen LogP contribution in [-0.2, 0) is 38.0 Å². The van der Waals surface area contributed by atoms with Gasteiger partial charge in [-0.1, -0.05) is 104 Å². The van der Waals surface area contributed by atoms with Gasteiger partial charge < -0.3 is 28.4 Å². The molecule has 8 heteroatoms. The van der Waals surface area contributed by atoms with Gasteiger partial charge in [0.25, 0.3) is 0 Å². The SMILES string of the molecule is CCCCCCCCCCCCCCCCCC(=O)OCCOCCOCCOCCOCCOC(=O)CCC. The summed E-state index contributed by atoms with van der Waals surface area (Å²) < 4.78 is 31.8. The average Bonchev–Trinajstić information content (AvgIpc) is 2.95. The van der Waals surface area contributed by atoms with Gasteiger partial charge in [-0.05, 0) is 12.8 Å². The highest BCUT2D eigenvalue weighted by molar-refractivity contribution is 5.69. The van der Waals surface area contributed by atoms with Gasteiger partial charge in [0.15, 0.2) is 0 Å². The van der Waals surface area contributed by atoms with E-state index in [2.05, 4.69) is 6.92 Å². The number of hydrogen-bond acceptors (Lipinski definition) is 8. The maximum Gasteiger partial charge on any atom is 0.305 e. The van der Waals surface area contributed by atoms with E-state index in [4.69, 9.17) is 28.4 Å². The molecule has 40 heavy (non-hydrogen) atoms. The van der Waals surface area contributed by atoms with Gasteiger partial charge in [-0.25, -0.2) is 0 Å². The van der Waals surface area contributed by atoms with Crippen LogP contribution in [0.2, 0.25) is 0 Å². The first-order valence-electron chi connectivity index (χ1n) is 16.3. The van der Waals surface area contributed by atoms with Crippen LogP contribution in [0.4, 0.5) is 0 Å². The molecule has 0 fully saturated rings. The molecule has 0 N–H and O–H groups in total. The van der Waals surface area contributed by atoms with E-state index in [0.29, 0.717) is 72.3 Å². The highest BCUT2D eigenvalue weighted by atomic mass is 16.6. The lowest BCUT2D eigenvalue weighted by molar-refractivity contribution is -0.146. The summed E-state index contributed by atoms with van der Waals surface area (Å²) in [6.45, 7) is 8.34. The van der Waals surface area contributed by atoms with Gasteiger partial charge in [0.2, 0.25) is 0 Å². The molecule has 0 amide bonds. The van der Waals surface area contributed by atoms with Gasteiger partial charge in [-0.15, -0.1) is 0 Å². The molecule has 0 aliphatic rings. The van der Waals surface area contributed by atoms with Gasteiger partial charge in [0, 0.05) is 12.8 Å². The van der Waals surface area contributed by atoms with E-state index < -0.39 is 0 Å². The van der Waals surface area contributed by atoms with Crippen LogP contribution in [0.1, 0.15) is 129 Å². The Hall–Kier alpha value is -1.22. The van der Waals surface area contributed by atoms with Crippen LogP contribution in [0, 0.1) is 0 Å². The Morgan fingerprint density at radius 3 is 1.00 bits per heavy atom. The van der Waals surface area contributed by atoms with Gasteiger partial charge in [0.05, 0.1) is 52.9 Å². The molecular formula is C32H62O8. The van der Waals surface area contributed by atoms with Crippen molar-refractivity contribution in [3.05, 3.63) is 0 Å². The molecule has 0 aromatic carbocycles. The molecule has 238 valence electrons. The zero-order valence-electron chi connectivity index (χ0n) is 26.1. The number of carbonyl (C=O) groups is 2. The minimum atomic E-state index is -0.185. The molecule has 0 heterocycles. The molecule has 0 aromatic heterocycles. The lowest BCUT2D eigenvalue weighted by atomic mass is 10.0. The monoisotopic (exact) mass is 574 g/mol. The minimum Gasteiger partial charge on any atom is -0.463 e. The van der Waals surface area contributed by atoms with Crippen molar-refractivity contribution >= 4 is 11.9 Å². The second-order valence-corrected chi connectivity index (χ2v) is 10.3. The fourth-order valence-corrected chi connectivity index (χ4v) is 4.18. The van der Waals surface area contributed by atoms with E-state index in [-0.39, 0.29) is 18.5 Å². The highest BCUT2D eigenvalue weighted by Crippen LogP contribution is 2.13. The highest BCUT2D eigenvalue weighted by Gasteiger charge is 2.03. The van der Waals surface area contributed by atoms with Crippen LogP contribution >= 0.6 is 0 Å². The molecule has 8 nitrogen and oxygen atoms in total. The van der Waals surface area contributed by atoms with E-state index >= 15 is 0 Å². The maximum absolute atomic E-state index is 11.8. The maximum atomic E-state index is 11.8.